The molecule has 5 nitrogen and oxygen atoms in total. The molecular formula is C19H18BrN3O2. The van der Waals surface area contributed by atoms with E-state index in [1.807, 2.05) is 43.4 Å². The summed E-state index contributed by atoms with van der Waals surface area (Å²) in [6.07, 6.45) is 1.52. The van der Waals surface area contributed by atoms with Crippen molar-refractivity contribution in [1.82, 2.24) is 9.80 Å². The molecule has 1 aliphatic heterocycles. The number of likely N-dealkylation sites (N-methyl/N-ethyl adjacent to an activating group) is 1. The fraction of sp³-hybridized carbons (Fsp3) is 0.263. The summed E-state index contributed by atoms with van der Waals surface area (Å²) >= 11 is 3.40. The third-order valence-electron chi connectivity index (χ3n) is 4.18. The molecule has 1 aromatic heterocycles. The zero-order valence-electron chi connectivity index (χ0n) is 13.9. The van der Waals surface area contributed by atoms with Gasteiger partial charge >= 0.3 is 0 Å². The van der Waals surface area contributed by atoms with Crippen LogP contribution in [-0.2, 0) is 4.79 Å². The van der Waals surface area contributed by atoms with E-state index in [1.54, 1.807) is 11.0 Å². The van der Waals surface area contributed by atoms with Gasteiger partial charge in [0.1, 0.15) is 23.2 Å². The number of benzene rings is 1. The number of hydrogen-bond acceptors (Lipinski definition) is 4. The zero-order chi connectivity index (χ0) is 17.8. The lowest BCUT2D eigenvalue weighted by molar-refractivity contribution is -0.128. The topological polar surface area (TPSA) is 60.5 Å². The molecule has 128 valence electrons. The Labute approximate surface area is 155 Å². The molecule has 1 fully saturated rings. The van der Waals surface area contributed by atoms with Crippen molar-refractivity contribution in [2.24, 2.45) is 0 Å². The summed E-state index contributed by atoms with van der Waals surface area (Å²) in [7, 11) is 2.02. The number of hydrogen-bond donors (Lipinski definition) is 0. The Balaban J connectivity index is 1.77. The Morgan fingerprint density at radius 1 is 1.16 bits per heavy atom. The van der Waals surface area contributed by atoms with Gasteiger partial charge in [-0.2, -0.15) is 5.26 Å². The monoisotopic (exact) mass is 399 g/mol. The molecule has 0 N–H and O–H groups in total. The molecule has 0 saturated carbocycles. The molecule has 0 spiro atoms. The van der Waals surface area contributed by atoms with Crippen LogP contribution in [0.5, 0.6) is 0 Å². The molecule has 2 heterocycles. The lowest BCUT2D eigenvalue weighted by Crippen LogP contribution is -2.47. The van der Waals surface area contributed by atoms with Gasteiger partial charge in [-0.15, -0.1) is 0 Å². The van der Waals surface area contributed by atoms with Crippen molar-refractivity contribution in [3.05, 3.63) is 52.2 Å². The summed E-state index contributed by atoms with van der Waals surface area (Å²) in [6.45, 7) is 2.91. The van der Waals surface area contributed by atoms with Gasteiger partial charge < -0.3 is 14.2 Å². The van der Waals surface area contributed by atoms with Crippen molar-refractivity contribution in [3.63, 3.8) is 0 Å². The normalized spacial score (nSPS) is 15.9. The summed E-state index contributed by atoms with van der Waals surface area (Å²) in [5.41, 5.74) is 1.04. The number of rotatable bonds is 3. The number of carbonyl (C=O) groups excluding carboxylic acids is 1. The van der Waals surface area contributed by atoms with Gasteiger partial charge in [0.2, 0.25) is 0 Å². The highest BCUT2D eigenvalue weighted by molar-refractivity contribution is 9.10. The van der Waals surface area contributed by atoms with Crippen LogP contribution in [0.15, 0.2) is 50.9 Å². The number of carbonyl (C=O) groups is 1. The Hall–Kier alpha value is -2.36. The molecular weight excluding hydrogens is 382 g/mol. The van der Waals surface area contributed by atoms with E-state index < -0.39 is 0 Å². The van der Waals surface area contributed by atoms with Gasteiger partial charge in [-0.25, -0.2) is 0 Å². The minimum absolute atomic E-state index is 0.0984. The van der Waals surface area contributed by atoms with Crippen molar-refractivity contribution >= 4 is 27.9 Å². The first kappa shape index (κ1) is 17.5. The number of nitriles is 1. The van der Waals surface area contributed by atoms with Crippen molar-refractivity contribution in [3.8, 4) is 17.4 Å². The van der Waals surface area contributed by atoms with E-state index in [0.29, 0.717) is 24.6 Å². The fourth-order valence-corrected chi connectivity index (χ4v) is 2.93. The third-order valence-corrected chi connectivity index (χ3v) is 4.71. The molecule has 0 unspecified atom stereocenters. The van der Waals surface area contributed by atoms with E-state index in [4.69, 9.17) is 4.42 Å². The highest BCUT2D eigenvalue weighted by atomic mass is 79.9. The molecule has 6 heteroatoms. The highest BCUT2D eigenvalue weighted by Gasteiger charge is 2.22. The molecule has 1 saturated heterocycles. The van der Waals surface area contributed by atoms with Crippen LogP contribution in [-0.4, -0.2) is 48.9 Å². The van der Waals surface area contributed by atoms with E-state index in [2.05, 4.69) is 20.8 Å². The molecule has 0 radical (unpaired) electrons. The summed E-state index contributed by atoms with van der Waals surface area (Å²) in [5.74, 6) is 0.956. The van der Waals surface area contributed by atoms with E-state index in [-0.39, 0.29) is 11.5 Å². The average molecular weight is 400 g/mol. The summed E-state index contributed by atoms with van der Waals surface area (Å²) in [6, 6.07) is 13.4. The Morgan fingerprint density at radius 2 is 1.84 bits per heavy atom. The van der Waals surface area contributed by atoms with Crippen LogP contribution in [0.25, 0.3) is 17.4 Å². The molecule has 3 rings (SSSR count). The quantitative estimate of drug-likeness (QED) is 0.586. The average Bonchev–Trinajstić information content (AvgIpc) is 3.09. The van der Waals surface area contributed by atoms with Crippen LogP contribution in [0, 0.1) is 11.3 Å². The van der Waals surface area contributed by atoms with Gasteiger partial charge in [0, 0.05) is 42.3 Å². The second-order valence-electron chi connectivity index (χ2n) is 5.97. The van der Waals surface area contributed by atoms with E-state index in [0.717, 1.165) is 23.1 Å². The molecule has 0 atom stereocenters. The molecule has 1 amide bonds. The maximum absolute atomic E-state index is 12.5. The molecule has 0 bridgehead atoms. The Bertz CT molecular complexity index is 825. The van der Waals surface area contributed by atoms with E-state index >= 15 is 0 Å². The van der Waals surface area contributed by atoms with Gasteiger partial charge in [-0.1, -0.05) is 28.1 Å². The van der Waals surface area contributed by atoms with Crippen LogP contribution in [0.1, 0.15) is 5.76 Å². The lowest BCUT2D eigenvalue weighted by atomic mass is 10.2. The smallest absolute Gasteiger partial charge is 0.264 e. The SMILES string of the molecule is CN1CCN(C(=O)/C(C#N)=C/c2ccc(-c3ccc(Br)cc3)o2)CC1. The van der Waals surface area contributed by atoms with E-state index in [1.165, 1.54) is 6.08 Å². The summed E-state index contributed by atoms with van der Waals surface area (Å²) in [5, 5.41) is 9.37. The van der Waals surface area contributed by atoms with Crippen molar-refractivity contribution in [2.75, 3.05) is 33.2 Å². The number of nitrogens with zero attached hydrogens (tertiary/aromatic N) is 3. The molecule has 1 aliphatic rings. The summed E-state index contributed by atoms with van der Waals surface area (Å²) < 4.78 is 6.77. The maximum Gasteiger partial charge on any atom is 0.264 e. The molecule has 1 aromatic carbocycles. The molecule has 2 aromatic rings. The second-order valence-corrected chi connectivity index (χ2v) is 6.89. The van der Waals surface area contributed by atoms with Crippen LogP contribution < -0.4 is 0 Å². The minimum Gasteiger partial charge on any atom is -0.457 e. The Morgan fingerprint density at radius 3 is 2.48 bits per heavy atom. The largest absolute Gasteiger partial charge is 0.457 e. The predicted octanol–water partition coefficient (Wildman–Crippen LogP) is 3.39. The van der Waals surface area contributed by atoms with Gasteiger partial charge in [-0.3, -0.25) is 4.79 Å². The minimum atomic E-state index is -0.239. The number of amides is 1. The number of furan rings is 1. The first-order valence-corrected chi connectivity index (χ1v) is 8.81. The van der Waals surface area contributed by atoms with Crippen LogP contribution in [0.4, 0.5) is 0 Å². The summed E-state index contributed by atoms with van der Waals surface area (Å²) in [4.78, 5) is 16.4. The number of halogens is 1. The number of piperazine rings is 1. The first-order chi connectivity index (χ1) is 12.1. The fourth-order valence-electron chi connectivity index (χ4n) is 2.66. The molecule has 0 aliphatic carbocycles. The van der Waals surface area contributed by atoms with Crippen molar-refractivity contribution < 1.29 is 9.21 Å². The van der Waals surface area contributed by atoms with Crippen molar-refractivity contribution in [2.45, 2.75) is 0 Å². The second kappa shape index (κ2) is 7.68. The standard InChI is InChI=1S/C19H18BrN3O2/c1-22-8-10-23(11-9-22)19(24)15(13-21)12-17-6-7-18(25-17)14-2-4-16(20)5-3-14/h2-7,12H,8-11H2,1H3/b15-12+. The van der Waals surface area contributed by atoms with Gasteiger partial charge in [-0.05, 0) is 31.3 Å². The first-order valence-electron chi connectivity index (χ1n) is 8.02. The van der Waals surface area contributed by atoms with Crippen LogP contribution >= 0.6 is 15.9 Å². The zero-order valence-corrected chi connectivity index (χ0v) is 15.5. The van der Waals surface area contributed by atoms with Crippen LogP contribution in [0.2, 0.25) is 0 Å². The predicted molar refractivity (Wildman–Crippen MR) is 99.5 cm³/mol. The van der Waals surface area contributed by atoms with Crippen LogP contribution in [0.3, 0.4) is 0 Å². The highest BCUT2D eigenvalue weighted by Crippen LogP contribution is 2.25. The third kappa shape index (κ3) is 4.19. The van der Waals surface area contributed by atoms with Gasteiger partial charge in [0.15, 0.2) is 0 Å². The Kier molecular flexibility index (Phi) is 5.37. The van der Waals surface area contributed by atoms with Gasteiger partial charge in [0.05, 0.1) is 0 Å². The van der Waals surface area contributed by atoms with E-state index in [9.17, 15) is 10.1 Å². The maximum atomic E-state index is 12.5. The molecule has 25 heavy (non-hydrogen) atoms. The van der Waals surface area contributed by atoms with Crippen molar-refractivity contribution in [1.29, 1.82) is 5.26 Å². The van der Waals surface area contributed by atoms with Gasteiger partial charge in [0.25, 0.3) is 5.91 Å². The lowest BCUT2D eigenvalue weighted by Gasteiger charge is -2.32.